The predicted molar refractivity (Wildman–Crippen MR) is 83.9 cm³/mol. The van der Waals surface area contributed by atoms with Crippen LogP contribution in [0.2, 0.25) is 0 Å². The zero-order valence-corrected chi connectivity index (χ0v) is 12.0. The molecule has 0 aliphatic carbocycles. The van der Waals surface area contributed by atoms with Crippen LogP contribution in [-0.2, 0) is 0 Å². The van der Waals surface area contributed by atoms with Crippen LogP contribution >= 0.6 is 0 Å². The Labute approximate surface area is 131 Å². The van der Waals surface area contributed by atoms with Crippen molar-refractivity contribution in [3.8, 4) is 0 Å². The molecule has 1 amide bonds. The molecule has 1 N–H and O–H groups in total. The third-order valence-electron chi connectivity index (χ3n) is 2.95. The lowest BCUT2D eigenvalue weighted by molar-refractivity contribution is -0.146. The Hall–Kier alpha value is -2.82. The number of halogens is 3. The van der Waals surface area contributed by atoms with Gasteiger partial charge in [-0.2, -0.15) is 13.2 Å². The van der Waals surface area contributed by atoms with Gasteiger partial charge in [-0.3, -0.25) is 10.1 Å². The van der Waals surface area contributed by atoms with Gasteiger partial charge in [0.25, 0.3) is 5.91 Å². The van der Waals surface area contributed by atoms with E-state index in [9.17, 15) is 18.0 Å². The number of fused-ring (bicyclic) bond motifs is 1. The zero-order chi connectivity index (χ0) is 16.7. The molecule has 0 saturated carbocycles. The number of alkyl halides is 3. The summed E-state index contributed by atoms with van der Waals surface area (Å²) < 4.78 is 35.0. The highest BCUT2D eigenvalue weighted by Gasteiger charge is 2.30. The average molecular weight is 317 g/mol. The van der Waals surface area contributed by atoms with Gasteiger partial charge in [-0.25, -0.2) is 0 Å². The second kappa shape index (κ2) is 7.45. The Morgan fingerprint density at radius 1 is 0.696 bits per heavy atom. The van der Waals surface area contributed by atoms with Crippen LogP contribution in [0.1, 0.15) is 10.4 Å². The molecule has 0 radical (unpaired) electrons. The molecule has 0 atom stereocenters. The van der Waals surface area contributed by atoms with E-state index in [0.29, 0.717) is 0 Å². The number of rotatable bonds is 1. The van der Waals surface area contributed by atoms with Gasteiger partial charge in [-0.15, -0.1) is 0 Å². The molecule has 118 valence electrons. The van der Waals surface area contributed by atoms with Crippen molar-refractivity contribution in [1.29, 1.82) is 0 Å². The van der Waals surface area contributed by atoms with E-state index in [0.717, 1.165) is 5.32 Å². The molecule has 0 aliphatic rings. The minimum Gasteiger partial charge on any atom is -0.269 e. The van der Waals surface area contributed by atoms with Crippen LogP contribution in [0, 0.1) is 0 Å². The van der Waals surface area contributed by atoms with Crippen molar-refractivity contribution in [1.82, 2.24) is 5.32 Å². The number of benzene rings is 3. The van der Waals surface area contributed by atoms with Crippen LogP contribution in [0.15, 0.2) is 78.9 Å². The third kappa shape index (κ3) is 5.47. The molecule has 0 spiro atoms. The summed E-state index contributed by atoms with van der Waals surface area (Å²) in [5.41, 5.74) is -0.0141. The van der Waals surface area contributed by atoms with Crippen LogP contribution in [0.4, 0.5) is 13.2 Å². The maximum atomic E-state index is 11.7. The van der Waals surface area contributed by atoms with Crippen LogP contribution in [0.5, 0.6) is 0 Å². The summed E-state index contributed by atoms with van der Waals surface area (Å²) in [7, 11) is 0. The molecule has 0 bridgehead atoms. The largest absolute Gasteiger partial charge is 0.484 e. The summed E-state index contributed by atoms with van der Waals surface area (Å²) in [4.78, 5) is 10.8. The summed E-state index contributed by atoms with van der Waals surface area (Å²) in [6.07, 6.45) is -4.67. The highest BCUT2D eigenvalue weighted by atomic mass is 19.4. The van der Waals surface area contributed by atoms with Crippen LogP contribution in [0.25, 0.3) is 10.8 Å². The van der Waals surface area contributed by atoms with Gasteiger partial charge in [0.15, 0.2) is 0 Å². The predicted octanol–water partition coefficient (Wildman–Crippen LogP) is 4.78. The van der Waals surface area contributed by atoms with Crippen molar-refractivity contribution < 1.29 is 18.0 Å². The molecular formula is C18H14F3NO. The average Bonchev–Trinajstić information content (AvgIpc) is 2.55. The molecule has 3 aromatic carbocycles. The van der Waals surface area contributed by atoms with Crippen LogP contribution < -0.4 is 5.32 Å². The zero-order valence-electron chi connectivity index (χ0n) is 12.0. The SMILES string of the molecule is O=C(NC(F)(F)F)c1ccccc1.c1ccc2ccccc2c1. The van der Waals surface area contributed by atoms with Gasteiger partial charge in [0.1, 0.15) is 0 Å². The maximum Gasteiger partial charge on any atom is 0.484 e. The molecule has 0 fully saturated rings. The van der Waals surface area contributed by atoms with Crippen molar-refractivity contribution >= 4 is 16.7 Å². The second-order valence-corrected chi connectivity index (χ2v) is 4.67. The fourth-order valence-corrected chi connectivity index (χ4v) is 1.92. The van der Waals surface area contributed by atoms with Crippen molar-refractivity contribution in [3.05, 3.63) is 84.4 Å². The van der Waals surface area contributed by atoms with E-state index in [4.69, 9.17) is 0 Å². The molecule has 2 nitrogen and oxygen atoms in total. The van der Waals surface area contributed by atoms with Gasteiger partial charge in [-0.05, 0) is 22.9 Å². The van der Waals surface area contributed by atoms with E-state index >= 15 is 0 Å². The van der Waals surface area contributed by atoms with Gasteiger partial charge in [0.05, 0.1) is 0 Å². The fourth-order valence-electron chi connectivity index (χ4n) is 1.92. The van der Waals surface area contributed by atoms with Crippen LogP contribution in [-0.4, -0.2) is 12.2 Å². The van der Waals surface area contributed by atoms with Gasteiger partial charge < -0.3 is 0 Å². The Balaban J connectivity index is 0.000000172. The normalized spacial score (nSPS) is 10.6. The molecule has 5 heteroatoms. The lowest BCUT2D eigenvalue weighted by Gasteiger charge is -2.07. The third-order valence-corrected chi connectivity index (χ3v) is 2.95. The maximum absolute atomic E-state index is 11.7. The number of carbonyl (C=O) groups excluding carboxylic acids is 1. The van der Waals surface area contributed by atoms with Gasteiger partial charge >= 0.3 is 6.30 Å². The number of hydrogen-bond donors (Lipinski definition) is 1. The van der Waals surface area contributed by atoms with E-state index in [1.165, 1.54) is 35.0 Å². The first kappa shape index (κ1) is 16.5. The summed E-state index contributed by atoms with van der Waals surface area (Å²) >= 11 is 0. The molecule has 0 saturated heterocycles. The highest BCUT2D eigenvalue weighted by Crippen LogP contribution is 2.12. The first-order valence-electron chi connectivity index (χ1n) is 6.84. The minimum atomic E-state index is -4.67. The Bertz CT molecular complexity index is 704. The molecule has 0 unspecified atom stereocenters. The van der Waals surface area contributed by atoms with E-state index in [-0.39, 0.29) is 5.56 Å². The molecule has 0 aliphatic heterocycles. The van der Waals surface area contributed by atoms with E-state index < -0.39 is 12.2 Å². The van der Waals surface area contributed by atoms with Crippen molar-refractivity contribution in [2.24, 2.45) is 0 Å². The van der Waals surface area contributed by atoms with Crippen molar-refractivity contribution in [3.63, 3.8) is 0 Å². The highest BCUT2D eigenvalue weighted by molar-refractivity contribution is 5.94. The second-order valence-electron chi connectivity index (χ2n) is 4.67. The number of amides is 1. The van der Waals surface area contributed by atoms with E-state index in [1.54, 1.807) is 6.07 Å². The number of hydrogen-bond acceptors (Lipinski definition) is 1. The first-order valence-corrected chi connectivity index (χ1v) is 6.84. The summed E-state index contributed by atoms with van der Waals surface area (Å²) in [5.74, 6) is -1.15. The molecule has 0 aromatic heterocycles. The molecular weight excluding hydrogens is 303 g/mol. The smallest absolute Gasteiger partial charge is 0.269 e. The Morgan fingerprint density at radius 3 is 1.48 bits per heavy atom. The Kier molecular flexibility index (Phi) is 5.36. The fraction of sp³-hybridized carbons (Fsp3) is 0.0556. The van der Waals surface area contributed by atoms with Crippen LogP contribution in [0.3, 0.4) is 0 Å². The topological polar surface area (TPSA) is 29.1 Å². The Morgan fingerprint density at radius 2 is 1.09 bits per heavy atom. The number of carbonyl (C=O) groups is 1. The molecule has 3 aromatic rings. The first-order chi connectivity index (χ1) is 11.0. The van der Waals surface area contributed by atoms with E-state index in [1.807, 2.05) is 0 Å². The monoisotopic (exact) mass is 317 g/mol. The molecule has 23 heavy (non-hydrogen) atoms. The lowest BCUT2D eigenvalue weighted by atomic mass is 10.1. The lowest BCUT2D eigenvalue weighted by Crippen LogP contribution is -2.37. The molecule has 0 heterocycles. The van der Waals surface area contributed by atoms with Crippen molar-refractivity contribution in [2.45, 2.75) is 6.30 Å². The van der Waals surface area contributed by atoms with Gasteiger partial charge in [0.2, 0.25) is 0 Å². The summed E-state index contributed by atoms with van der Waals surface area (Å²) in [6.45, 7) is 0. The number of nitrogens with one attached hydrogen (secondary N) is 1. The quantitative estimate of drug-likeness (QED) is 0.643. The van der Waals surface area contributed by atoms with Gasteiger partial charge in [-0.1, -0.05) is 66.7 Å². The molecule has 3 rings (SSSR count). The van der Waals surface area contributed by atoms with Gasteiger partial charge in [0, 0.05) is 5.56 Å². The van der Waals surface area contributed by atoms with E-state index in [2.05, 4.69) is 48.5 Å². The summed E-state index contributed by atoms with van der Waals surface area (Å²) in [5, 5.41) is 3.52. The summed E-state index contributed by atoms with van der Waals surface area (Å²) in [6, 6.07) is 23.9. The minimum absolute atomic E-state index is 0.0141. The standard InChI is InChI=1S/C10H8.C8H6F3NO/c1-2-6-10-8-4-3-7-9(10)5-1;9-8(10,11)12-7(13)6-4-2-1-3-5-6/h1-8H;1-5H,(H,12,13). The van der Waals surface area contributed by atoms with Crippen molar-refractivity contribution in [2.75, 3.05) is 0 Å².